The zero-order valence-corrected chi connectivity index (χ0v) is 14.8. The van der Waals surface area contributed by atoms with Crippen LogP contribution in [0.1, 0.15) is 28.8 Å². The summed E-state index contributed by atoms with van der Waals surface area (Å²) >= 11 is 0. The molecule has 0 aromatic heterocycles. The Balaban J connectivity index is 0.00000312. The second-order valence-corrected chi connectivity index (χ2v) is 7.32. The number of carbonyl (C=O) groups is 1. The van der Waals surface area contributed by atoms with Crippen LogP contribution in [-0.4, -0.2) is 34.1 Å². The lowest BCUT2D eigenvalue weighted by atomic mass is 10.1. The van der Waals surface area contributed by atoms with E-state index in [9.17, 15) is 26.4 Å². The summed E-state index contributed by atoms with van der Waals surface area (Å²) in [7, 11) is -3.24. The van der Waals surface area contributed by atoms with Gasteiger partial charge in [-0.05, 0) is 37.0 Å². The Morgan fingerprint density at radius 3 is 2.48 bits per heavy atom. The van der Waals surface area contributed by atoms with Gasteiger partial charge in [-0.15, -0.1) is 12.4 Å². The van der Waals surface area contributed by atoms with Crippen LogP contribution in [0.3, 0.4) is 0 Å². The number of methoxy groups -OCH3 is 1. The number of esters is 1. The van der Waals surface area contributed by atoms with Gasteiger partial charge in [-0.2, -0.15) is 13.2 Å². The van der Waals surface area contributed by atoms with Gasteiger partial charge in [0.2, 0.25) is 10.0 Å². The Morgan fingerprint density at radius 2 is 2.00 bits per heavy atom. The van der Waals surface area contributed by atoms with Crippen molar-refractivity contribution in [2.45, 2.75) is 30.0 Å². The van der Waals surface area contributed by atoms with E-state index in [0.717, 1.165) is 32.1 Å². The Labute approximate surface area is 149 Å². The summed E-state index contributed by atoms with van der Waals surface area (Å²) < 4.78 is 70.1. The van der Waals surface area contributed by atoms with Crippen molar-refractivity contribution in [1.29, 1.82) is 0 Å². The van der Waals surface area contributed by atoms with Crippen LogP contribution in [0.25, 0.3) is 0 Å². The van der Waals surface area contributed by atoms with Crippen LogP contribution in [0.2, 0.25) is 0 Å². The molecule has 0 saturated heterocycles. The Bertz CT molecular complexity index is 736. The minimum Gasteiger partial charge on any atom is -0.465 e. The van der Waals surface area contributed by atoms with Crippen LogP contribution in [0, 0.1) is 5.92 Å². The maximum atomic E-state index is 13.1. The van der Waals surface area contributed by atoms with Crippen LogP contribution in [0.5, 0.6) is 0 Å². The molecule has 0 radical (unpaired) electrons. The Kier molecular flexibility index (Phi) is 6.85. The van der Waals surface area contributed by atoms with Gasteiger partial charge in [0.25, 0.3) is 0 Å². The number of hydrogen-bond acceptors (Lipinski definition) is 5. The number of nitrogens with one attached hydrogen (secondary N) is 1. The molecule has 0 amide bonds. The number of halogens is 4. The Morgan fingerprint density at radius 1 is 1.40 bits per heavy atom. The predicted octanol–water partition coefficient (Wildman–Crippen LogP) is 1.93. The molecule has 2 rings (SSSR count). The fourth-order valence-electron chi connectivity index (χ4n) is 2.19. The molecule has 1 aliphatic rings. The van der Waals surface area contributed by atoms with Crippen LogP contribution < -0.4 is 10.5 Å². The van der Waals surface area contributed by atoms with Gasteiger partial charge >= 0.3 is 12.1 Å². The van der Waals surface area contributed by atoms with E-state index in [0.29, 0.717) is 6.07 Å². The zero-order valence-electron chi connectivity index (χ0n) is 13.2. The molecule has 142 valence electrons. The van der Waals surface area contributed by atoms with Gasteiger partial charge in [-0.1, -0.05) is 0 Å². The average Bonchev–Trinajstić information content (AvgIpc) is 3.35. The molecule has 11 heteroatoms. The summed E-state index contributed by atoms with van der Waals surface area (Å²) in [4.78, 5) is 10.8. The van der Waals surface area contributed by atoms with Gasteiger partial charge in [0, 0.05) is 12.6 Å². The number of nitrogens with two attached hydrogens (primary N) is 1. The van der Waals surface area contributed by atoms with Crippen molar-refractivity contribution in [3.63, 3.8) is 0 Å². The fourth-order valence-corrected chi connectivity index (χ4v) is 3.29. The molecule has 1 unspecified atom stereocenters. The monoisotopic (exact) mass is 402 g/mol. The molecule has 0 bridgehead atoms. The third-order valence-electron chi connectivity index (χ3n) is 3.75. The maximum absolute atomic E-state index is 13.1. The molecule has 0 aliphatic heterocycles. The van der Waals surface area contributed by atoms with Gasteiger partial charge in [-0.3, -0.25) is 0 Å². The first-order chi connectivity index (χ1) is 11.1. The highest BCUT2D eigenvalue weighted by atomic mass is 35.5. The van der Waals surface area contributed by atoms with Crippen LogP contribution >= 0.6 is 12.4 Å². The summed E-state index contributed by atoms with van der Waals surface area (Å²) in [6, 6.07) is 1.74. The Hall–Kier alpha value is -1.36. The van der Waals surface area contributed by atoms with E-state index in [1.54, 1.807) is 0 Å². The third kappa shape index (κ3) is 5.30. The molecule has 0 spiro atoms. The van der Waals surface area contributed by atoms with Crippen molar-refractivity contribution in [2.24, 2.45) is 11.7 Å². The number of rotatable bonds is 6. The number of carbonyl (C=O) groups excluding carboxylic acids is 1. The highest BCUT2D eigenvalue weighted by Gasteiger charge is 2.37. The minimum absolute atomic E-state index is 0. The van der Waals surface area contributed by atoms with E-state index in [1.807, 2.05) is 0 Å². The maximum Gasteiger partial charge on any atom is 0.417 e. The van der Waals surface area contributed by atoms with Crippen molar-refractivity contribution in [2.75, 3.05) is 13.7 Å². The number of benzene rings is 1. The summed E-state index contributed by atoms with van der Waals surface area (Å²) in [5.74, 6) is -0.963. The largest absolute Gasteiger partial charge is 0.465 e. The summed E-state index contributed by atoms with van der Waals surface area (Å²) in [5, 5.41) is 0. The molecule has 1 saturated carbocycles. The van der Waals surface area contributed by atoms with E-state index in [1.165, 1.54) is 0 Å². The lowest BCUT2D eigenvalue weighted by Crippen LogP contribution is -2.38. The highest BCUT2D eigenvalue weighted by molar-refractivity contribution is 7.89. The molecule has 1 aliphatic carbocycles. The molecular formula is C14H18ClF3N2O4S. The number of ether oxygens (including phenoxy) is 1. The quantitative estimate of drug-likeness (QED) is 0.708. The van der Waals surface area contributed by atoms with Crippen molar-refractivity contribution in [1.82, 2.24) is 4.72 Å². The molecule has 0 heterocycles. The SMILES string of the molecule is COC(=O)c1ccc(S(=O)(=O)NCC(N)C2CC2)cc1C(F)(F)F.Cl. The molecule has 6 nitrogen and oxygen atoms in total. The summed E-state index contributed by atoms with van der Waals surface area (Å²) in [5.41, 5.74) is 3.65. The van der Waals surface area contributed by atoms with E-state index < -0.39 is 38.2 Å². The van der Waals surface area contributed by atoms with Crippen molar-refractivity contribution in [3.8, 4) is 0 Å². The zero-order chi connectivity index (χ0) is 18.1. The number of sulfonamides is 1. The van der Waals surface area contributed by atoms with Gasteiger partial charge in [0.1, 0.15) is 0 Å². The second kappa shape index (κ2) is 7.90. The van der Waals surface area contributed by atoms with Crippen LogP contribution in [0.15, 0.2) is 23.1 Å². The van der Waals surface area contributed by atoms with Gasteiger partial charge in [0.15, 0.2) is 0 Å². The lowest BCUT2D eigenvalue weighted by molar-refractivity contribution is -0.138. The van der Waals surface area contributed by atoms with Crippen molar-refractivity contribution in [3.05, 3.63) is 29.3 Å². The first-order valence-electron chi connectivity index (χ1n) is 7.11. The topological polar surface area (TPSA) is 98.5 Å². The van der Waals surface area contributed by atoms with Gasteiger partial charge < -0.3 is 10.5 Å². The first kappa shape index (κ1) is 21.7. The molecule has 3 N–H and O–H groups in total. The van der Waals surface area contributed by atoms with Crippen molar-refractivity contribution >= 4 is 28.4 Å². The molecular weight excluding hydrogens is 385 g/mol. The minimum atomic E-state index is -4.90. The van der Waals surface area contributed by atoms with Crippen molar-refractivity contribution < 1.29 is 31.1 Å². The standard InChI is InChI=1S/C14H17F3N2O4S.ClH/c1-23-13(20)10-5-4-9(6-11(10)14(15,16)17)24(21,22)19-7-12(18)8-2-3-8;/h4-6,8,12,19H,2-3,7,18H2,1H3;1H. The lowest BCUT2D eigenvalue weighted by Gasteiger charge is -2.15. The predicted molar refractivity (Wildman–Crippen MR) is 85.9 cm³/mol. The molecule has 25 heavy (non-hydrogen) atoms. The molecule has 1 atom stereocenters. The van der Waals surface area contributed by atoms with E-state index in [4.69, 9.17) is 5.73 Å². The van der Waals surface area contributed by atoms with Gasteiger partial charge in [0.05, 0.1) is 23.1 Å². The molecule has 1 aromatic rings. The van der Waals surface area contributed by atoms with Crippen LogP contribution in [0.4, 0.5) is 13.2 Å². The smallest absolute Gasteiger partial charge is 0.417 e. The summed E-state index contributed by atoms with van der Waals surface area (Å²) in [6.07, 6.45) is -3.08. The second-order valence-electron chi connectivity index (χ2n) is 5.55. The van der Waals surface area contributed by atoms with E-state index >= 15 is 0 Å². The molecule has 1 fully saturated rings. The average molecular weight is 403 g/mol. The number of alkyl halides is 3. The first-order valence-corrected chi connectivity index (χ1v) is 8.59. The summed E-state index contributed by atoms with van der Waals surface area (Å²) in [6.45, 7) is -0.0624. The van der Waals surface area contributed by atoms with E-state index in [-0.39, 0.29) is 30.9 Å². The highest BCUT2D eigenvalue weighted by Crippen LogP contribution is 2.34. The molecule has 1 aromatic carbocycles. The fraction of sp³-hybridized carbons (Fsp3) is 0.500. The number of hydrogen-bond donors (Lipinski definition) is 2. The normalized spacial score (nSPS) is 16.0. The van der Waals surface area contributed by atoms with Crippen LogP contribution in [-0.2, 0) is 20.9 Å². The van der Waals surface area contributed by atoms with E-state index in [2.05, 4.69) is 9.46 Å². The van der Waals surface area contributed by atoms with Gasteiger partial charge in [-0.25, -0.2) is 17.9 Å². The third-order valence-corrected chi connectivity index (χ3v) is 5.17.